The molecule has 21 heavy (non-hydrogen) atoms. The fourth-order valence-corrected chi connectivity index (χ4v) is 12.9. The van der Waals surface area contributed by atoms with E-state index < -0.39 is 16.9 Å². The fourth-order valence-electron chi connectivity index (χ4n) is 6.05. The van der Waals surface area contributed by atoms with E-state index in [1.165, 1.54) is 5.54 Å². The van der Waals surface area contributed by atoms with Crippen molar-refractivity contribution in [1.29, 1.82) is 0 Å². The maximum Gasteiger partial charge on any atom is 0.0445 e. The van der Waals surface area contributed by atoms with Crippen molar-refractivity contribution in [3.05, 3.63) is 0 Å². The zero-order valence-corrected chi connectivity index (χ0v) is 18.1. The van der Waals surface area contributed by atoms with Crippen molar-refractivity contribution in [2.45, 2.75) is 90.3 Å². The van der Waals surface area contributed by atoms with Crippen LogP contribution >= 0.6 is 0 Å². The summed E-state index contributed by atoms with van der Waals surface area (Å²) in [6, 6.07) is 1.59. The zero-order chi connectivity index (χ0) is 15.9. The van der Waals surface area contributed by atoms with Gasteiger partial charge in [-0.25, -0.2) is 0 Å². The van der Waals surface area contributed by atoms with Gasteiger partial charge in [0.2, 0.25) is 0 Å². The van der Waals surface area contributed by atoms with E-state index in [9.17, 15) is 0 Å². The molecule has 2 fully saturated rings. The molecule has 0 aliphatic heterocycles. The third-order valence-corrected chi connectivity index (χ3v) is 13.9. The molecule has 6 unspecified atom stereocenters. The van der Waals surface area contributed by atoms with Crippen molar-refractivity contribution in [2.24, 2.45) is 29.6 Å². The Morgan fingerprint density at radius 3 is 1.86 bits per heavy atom. The van der Waals surface area contributed by atoms with Gasteiger partial charge >= 0.3 is 0 Å². The summed E-state index contributed by atoms with van der Waals surface area (Å²) in [5.74, 6) is 5.00. The largest absolute Gasteiger partial charge is 0.0716 e. The quantitative estimate of drug-likeness (QED) is 0.534. The van der Waals surface area contributed by atoms with Crippen LogP contribution < -0.4 is 0 Å². The summed E-state index contributed by atoms with van der Waals surface area (Å²) in [6.07, 6.45) is 4.75. The molecule has 0 aromatic heterocycles. The first-order valence-corrected chi connectivity index (χ1v) is 15.8. The molecule has 0 spiro atoms. The number of rotatable bonds is 4. The molecule has 0 radical (unpaired) electrons. The van der Waals surface area contributed by atoms with E-state index in [2.05, 4.69) is 53.9 Å². The second-order valence-corrected chi connectivity index (χ2v) is 19.0. The topological polar surface area (TPSA) is 0 Å². The number of hydrogen-bond acceptors (Lipinski definition) is 0. The lowest BCUT2D eigenvalue weighted by Crippen LogP contribution is -2.29. The Balaban J connectivity index is 1.97. The Morgan fingerprint density at radius 2 is 1.38 bits per heavy atom. The summed E-state index contributed by atoms with van der Waals surface area (Å²) in [7, 11) is -1.44. The summed E-state index contributed by atoms with van der Waals surface area (Å²) >= 11 is 0. The molecular weight excluding hydrogens is 284 g/mol. The van der Waals surface area contributed by atoms with E-state index in [0.717, 1.165) is 35.1 Å². The molecule has 0 nitrogen and oxygen atoms in total. The van der Waals surface area contributed by atoms with Crippen LogP contribution in [0.5, 0.6) is 0 Å². The van der Waals surface area contributed by atoms with Gasteiger partial charge < -0.3 is 0 Å². The molecule has 2 heteroatoms. The smallest absolute Gasteiger partial charge is 0.0445 e. The van der Waals surface area contributed by atoms with Crippen LogP contribution in [0.25, 0.3) is 0 Å². The maximum atomic E-state index is 2.74. The summed E-state index contributed by atoms with van der Waals surface area (Å²) < 4.78 is 0. The van der Waals surface area contributed by atoms with Gasteiger partial charge in [-0.2, -0.15) is 0 Å². The lowest BCUT2D eigenvalue weighted by atomic mass is 9.92. The predicted octanol–water partition coefficient (Wildman–Crippen LogP) is 6.28. The summed E-state index contributed by atoms with van der Waals surface area (Å²) in [5.41, 5.74) is 2.28. The molecule has 2 aliphatic rings. The Labute approximate surface area is 137 Å². The Hall–Kier alpha value is 0.434. The van der Waals surface area contributed by atoms with E-state index in [1.54, 1.807) is 25.3 Å². The minimum Gasteiger partial charge on any atom is -0.0716 e. The van der Waals surface area contributed by atoms with Crippen LogP contribution in [-0.2, 0) is 0 Å². The predicted molar refractivity (Wildman–Crippen MR) is 103 cm³/mol. The van der Waals surface area contributed by atoms with E-state index in [4.69, 9.17) is 0 Å². The molecular formula is C19H40Si2. The highest BCUT2D eigenvalue weighted by atomic mass is 28.3. The fraction of sp³-hybridized carbons (Fsp3) is 1.00. The van der Waals surface area contributed by atoms with Gasteiger partial charge in [-0.3, -0.25) is 0 Å². The van der Waals surface area contributed by atoms with Crippen LogP contribution in [0.4, 0.5) is 0 Å². The van der Waals surface area contributed by atoms with E-state index >= 15 is 0 Å². The number of hydrogen-bond donors (Lipinski definition) is 0. The Morgan fingerprint density at radius 1 is 0.857 bits per heavy atom. The monoisotopic (exact) mass is 324 g/mol. The van der Waals surface area contributed by atoms with Crippen molar-refractivity contribution in [3.63, 3.8) is 0 Å². The molecule has 0 aromatic carbocycles. The van der Waals surface area contributed by atoms with Crippen molar-refractivity contribution in [1.82, 2.24) is 0 Å². The molecule has 2 saturated carbocycles. The molecule has 0 bridgehead atoms. The molecule has 0 heterocycles. The molecule has 7 atom stereocenters. The van der Waals surface area contributed by atoms with E-state index in [-0.39, 0.29) is 0 Å². The molecule has 0 aromatic rings. The van der Waals surface area contributed by atoms with Gasteiger partial charge in [0.05, 0.1) is 0 Å². The third kappa shape index (κ3) is 3.86. The second kappa shape index (κ2) is 6.51. The van der Waals surface area contributed by atoms with Gasteiger partial charge in [-0.05, 0) is 40.7 Å². The second-order valence-electron chi connectivity index (χ2n) is 10.1. The highest BCUT2D eigenvalue weighted by molar-refractivity contribution is 6.76. The van der Waals surface area contributed by atoms with Crippen LogP contribution in [0, 0.1) is 29.6 Å². The van der Waals surface area contributed by atoms with Gasteiger partial charge in [0.15, 0.2) is 0 Å². The maximum absolute atomic E-state index is 2.74. The summed E-state index contributed by atoms with van der Waals surface area (Å²) in [6.45, 7) is 20.6. The molecule has 0 saturated heterocycles. The Bertz CT molecular complexity index is 332. The highest BCUT2D eigenvalue weighted by Gasteiger charge is 2.46. The van der Waals surface area contributed by atoms with Crippen LogP contribution in [0.1, 0.15) is 47.0 Å². The van der Waals surface area contributed by atoms with E-state index in [1.807, 2.05) is 0 Å². The van der Waals surface area contributed by atoms with Crippen molar-refractivity contribution in [3.8, 4) is 0 Å². The lowest BCUT2D eigenvalue weighted by Gasteiger charge is -2.32. The summed E-state index contributed by atoms with van der Waals surface area (Å²) in [5, 5.41) is 0. The minimum atomic E-state index is -0.852. The van der Waals surface area contributed by atoms with Gasteiger partial charge in [-0.1, -0.05) is 79.2 Å². The molecule has 2 aliphatic carbocycles. The Kier molecular flexibility index (Phi) is 5.51. The molecule has 2 rings (SSSR count). The average Bonchev–Trinajstić information content (AvgIpc) is 2.88. The van der Waals surface area contributed by atoms with Gasteiger partial charge in [0.25, 0.3) is 0 Å². The lowest BCUT2D eigenvalue weighted by molar-refractivity contribution is 0.352. The first-order chi connectivity index (χ1) is 9.61. The molecule has 124 valence electrons. The zero-order valence-electron chi connectivity index (χ0n) is 15.9. The average molecular weight is 325 g/mol. The van der Waals surface area contributed by atoms with Crippen LogP contribution in [-0.4, -0.2) is 16.9 Å². The van der Waals surface area contributed by atoms with Crippen LogP contribution in [0.3, 0.4) is 0 Å². The minimum absolute atomic E-state index is 0.591. The highest BCUT2D eigenvalue weighted by Crippen LogP contribution is 2.54. The van der Waals surface area contributed by atoms with Crippen molar-refractivity contribution >= 4 is 16.9 Å². The van der Waals surface area contributed by atoms with Gasteiger partial charge in [-0.15, -0.1) is 0 Å². The third-order valence-electron chi connectivity index (χ3n) is 7.54. The van der Waals surface area contributed by atoms with Crippen LogP contribution in [0.2, 0.25) is 43.3 Å². The van der Waals surface area contributed by atoms with Crippen molar-refractivity contribution < 1.29 is 0 Å². The normalized spacial score (nSPS) is 46.0. The van der Waals surface area contributed by atoms with Gasteiger partial charge in [0.1, 0.15) is 0 Å². The molecule has 0 amide bonds. The first kappa shape index (κ1) is 17.8. The van der Waals surface area contributed by atoms with Gasteiger partial charge in [0, 0.05) is 16.9 Å². The molecule has 0 N–H and O–H groups in total. The van der Waals surface area contributed by atoms with Crippen LogP contribution in [0.15, 0.2) is 0 Å². The standard InChI is InChI=1S/C19H40Si2/c1-13-14(2)16(4)19(15(13)3)20(5)18-10-9-17(11-18)12-21(6,7)8/h13-20H,9-12H2,1-8H3/t13?,14?,15?,16?,17?,18?,19?,20-/m0/s1. The summed E-state index contributed by atoms with van der Waals surface area (Å²) in [4.78, 5) is 0. The SMILES string of the molecule is CC1C(C)C(C)C([Si@@H](C)C2CCC(C[Si](C)(C)C)C2)C1C. The van der Waals surface area contributed by atoms with Crippen molar-refractivity contribution in [2.75, 3.05) is 0 Å². The van der Waals surface area contributed by atoms with E-state index in [0.29, 0.717) is 0 Å². The first-order valence-electron chi connectivity index (χ1n) is 9.61.